The van der Waals surface area contributed by atoms with E-state index in [1.165, 1.54) is 12.8 Å². The predicted octanol–water partition coefficient (Wildman–Crippen LogP) is 2.96. The molecule has 0 saturated carbocycles. The van der Waals surface area contributed by atoms with Crippen LogP contribution >= 0.6 is 0 Å². The summed E-state index contributed by atoms with van der Waals surface area (Å²) in [4.78, 5) is 0. The summed E-state index contributed by atoms with van der Waals surface area (Å²) < 4.78 is 5.36. The molecule has 2 N–H and O–H groups in total. The Bertz CT molecular complexity index is 143. The van der Waals surface area contributed by atoms with E-state index in [1.807, 2.05) is 0 Å². The Balaban J connectivity index is 3.47. The first kappa shape index (κ1) is 13.9. The molecule has 0 aliphatic carbocycles. The van der Waals surface area contributed by atoms with E-state index in [1.54, 1.807) is 7.11 Å². The zero-order valence-electron chi connectivity index (χ0n) is 10.5. The first-order valence-corrected chi connectivity index (χ1v) is 5.70. The van der Waals surface area contributed by atoms with Crippen LogP contribution in [0.2, 0.25) is 0 Å². The standard InChI is InChI=1S/C12H27NO/c1-10(2)11(13)8-6-7-9-12(3,4)14-5/h10-11H,6-9,13H2,1-5H3. The fraction of sp³-hybridized carbons (Fsp3) is 1.00. The third kappa shape index (κ3) is 6.39. The van der Waals surface area contributed by atoms with Crippen molar-refractivity contribution in [1.29, 1.82) is 0 Å². The third-order valence-corrected chi connectivity index (χ3v) is 2.98. The van der Waals surface area contributed by atoms with Crippen LogP contribution in [-0.4, -0.2) is 18.8 Å². The van der Waals surface area contributed by atoms with Gasteiger partial charge in [-0.15, -0.1) is 0 Å². The molecule has 0 aromatic rings. The Morgan fingerprint density at radius 2 is 1.79 bits per heavy atom. The van der Waals surface area contributed by atoms with Crippen LogP contribution in [0.3, 0.4) is 0 Å². The van der Waals surface area contributed by atoms with E-state index in [4.69, 9.17) is 10.5 Å². The summed E-state index contributed by atoms with van der Waals surface area (Å²) in [5.74, 6) is 0.602. The van der Waals surface area contributed by atoms with Crippen molar-refractivity contribution < 1.29 is 4.74 Å². The normalized spacial score (nSPS) is 14.8. The zero-order chi connectivity index (χ0) is 11.2. The largest absolute Gasteiger partial charge is 0.379 e. The van der Waals surface area contributed by atoms with Gasteiger partial charge in [0.25, 0.3) is 0 Å². The molecule has 0 saturated heterocycles. The molecule has 0 aliphatic heterocycles. The lowest BCUT2D eigenvalue weighted by atomic mass is 9.95. The number of nitrogens with two attached hydrogens (primary N) is 1. The Kier molecular flexibility index (Phi) is 6.38. The highest BCUT2D eigenvalue weighted by molar-refractivity contribution is 4.69. The van der Waals surface area contributed by atoms with Crippen LogP contribution in [0.15, 0.2) is 0 Å². The van der Waals surface area contributed by atoms with Gasteiger partial charge in [-0.2, -0.15) is 0 Å². The molecule has 0 aromatic heterocycles. The van der Waals surface area contributed by atoms with Gasteiger partial charge in [-0.3, -0.25) is 0 Å². The Hall–Kier alpha value is -0.0800. The van der Waals surface area contributed by atoms with E-state index in [9.17, 15) is 0 Å². The number of hydrogen-bond donors (Lipinski definition) is 1. The lowest BCUT2D eigenvalue weighted by Gasteiger charge is -2.23. The van der Waals surface area contributed by atoms with Crippen LogP contribution in [-0.2, 0) is 4.74 Å². The fourth-order valence-corrected chi connectivity index (χ4v) is 1.37. The number of hydrogen-bond acceptors (Lipinski definition) is 2. The fourth-order valence-electron chi connectivity index (χ4n) is 1.37. The molecule has 1 unspecified atom stereocenters. The summed E-state index contributed by atoms with van der Waals surface area (Å²) in [7, 11) is 1.78. The van der Waals surface area contributed by atoms with Gasteiger partial charge < -0.3 is 10.5 Å². The minimum Gasteiger partial charge on any atom is -0.379 e. The highest BCUT2D eigenvalue weighted by Gasteiger charge is 2.15. The summed E-state index contributed by atoms with van der Waals surface area (Å²) in [6.45, 7) is 8.64. The lowest BCUT2D eigenvalue weighted by Crippen LogP contribution is -2.26. The van der Waals surface area contributed by atoms with Crippen LogP contribution in [0.25, 0.3) is 0 Å². The summed E-state index contributed by atoms with van der Waals surface area (Å²) in [5, 5.41) is 0. The molecule has 0 fully saturated rings. The second-order valence-electron chi connectivity index (χ2n) is 5.12. The second-order valence-corrected chi connectivity index (χ2v) is 5.12. The van der Waals surface area contributed by atoms with E-state index in [-0.39, 0.29) is 5.60 Å². The third-order valence-electron chi connectivity index (χ3n) is 2.98. The topological polar surface area (TPSA) is 35.2 Å². The molecule has 0 bridgehead atoms. The zero-order valence-corrected chi connectivity index (χ0v) is 10.5. The van der Waals surface area contributed by atoms with E-state index in [0.717, 1.165) is 12.8 Å². The Labute approximate surface area is 89.2 Å². The van der Waals surface area contributed by atoms with Crippen LogP contribution in [0.4, 0.5) is 0 Å². The minimum atomic E-state index is 0.0297. The van der Waals surface area contributed by atoms with E-state index in [0.29, 0.717) is 12.0 Å². The molecule has 0 heterocycles. The summed E-state index contributed by atoms with van der Waals surface area (Å²) in [6, 6.07) is 0.362. The molecule has 0 aromatic carbocycles. The smallest absolute Gasteiger partial charge is 0.0622 e. The highest BCUT2D eigenvalue weighted by atomic mass is 16.5. The van der Waals surface area contributed by atoms with Crippen LogP contribution in [0.1, 0.15) is 53.4 Å². The van der Waals surface area contributed by atoms with Gasteiger partial charge in [0, 0.05) is 13.2 Å². The number of unbranched alkanes of at least 4 members (excludes halogenated alkanes) is 1. The van der Waals surface area contributed by atoms with Crippen molar-refractivity contribution in [2.75, 3.05) is 7.11 Å². The molecule has 0 radical (unpaired) electrons. The SMILES string of the molecule is COC(C)(C)CCCCC(N)C(C)C. The number of methoxy groups -OCH3 is 1. The van der Waals surface area contributed by atoms with Crippen molar-refractivity contribution in [3.63, 3.8) is 0 Å². The molecular formula is C12H27NO. The molecule has 2 heteroatoms. The summed E-state index contributed by atoms with van der Waals surface area (Å²) in [6.07, 6.45) is 4.68. The predicted molar refractivity (Wildman–Crippen MR) is 62.4 cm³/mol. The van der Waals surface area contributed by atoms with Crippen molar-refractivity contribution in [3.05, 3.63) is 0 Å². The van der Waals surface area contributed by atoms with Gasteiger partial charge in [0.05, 0.1) is 5.60 Å². The molecule has 86 valence electrons. The van der Waals surface area contributed by atoms with Crippen molar-refractivity contribution >= 4 is 0 Å². The van der Waals surface area contributed by atoms with Crippen molar-refractivity contribution in [2.45, 2.75) is 65.0 Å². The Morgan fingerprint density at radius 3 is 2.21 bits per heavy atom. The van der Waals surface area contributed by atoms with Crippen LogP contribution < -0.4 is 5.73 Å². The lowest BCUT2D eigenvalue weighted by molar-refractivity contribution is 0.0133. The molecule has 0 aliphatic rings. The first-order valence-electron chi connectivity index (χ1n) is 5.70. The molecule has 0 spiro atoms. The molecule has 0 rings (SSSR count). The number of rotatable bonds is 7. The maximum Gasteiger partial charge on any atom is 0.0622 e. The molecule has 0 amide bonds. The van der Waals surface area contributed by atoms with Gasteiger partial charge in [-0.1, -0.05) is 26.7 Å². The van der Waals surface area contributed by atoms with Gasteiger partial charge in [0.1, 0.15) is 0 Å². The van der Waals surface area contributed by atoms with Gasteiger partial charge in [-0.25, -0.2) is 0 Å². The van der Waals surface area contributed by atoms with Crippen molar-refractivity contribution in [3.8, 4) is 0 Å². The van der Waals surface area contributed by atoms with Crippen LogP contribution in [0.5, 0.6) is 0 Å². The minimum absolute atomic E-state index is 0.0297. The first-order chi connectivity index (χ1) is 6.39. The van der Waals surface area contributed by atoms with Gasteiger partial charge >= 0.3 is 0 Å². The average Bonchev–Trinajstić information content (AvgIpc) is 2.12. The van der Waals surface area contributed by atoms with Crippen LogP contribution in [0, 0.1) is 5.92 Å². The monoisotopic (exact) mass is 201 g/mol. The van der Waals surface area contributed by atoms with Crippen molar-refractivity contribution in [1.82, 2.24) is 0 Å². The Morgan fingerprint density at radius 1 is 1.21 bits per heavy atom. The second kappa shape index (κ2) is 6.41. The maximum atomic E-state index is 5.97. The summed E-state index contributed by atoms with van der Waals surface area (Å²) in [5.41, 5.74) is 6.00. The van der Waals surface area contributed by atoms with Gasteiger partial charge in [0.15, 0.2) is 0 Å². The van der Waals surface area contributed by atoms with E-state index < -0.39 is 0 Å². The van der Waals surface area contributed by atoms with Gasteiger partial charge in [-0.05, 0) is 32.6 Å². The highest BCUT2D eigenvalue weighted by Crippen LogP contribution is 2.18. The average molecular weight is 201 g/mol. The number of ether oxygens (including phenoxy) is 1. The molecular weight excluding hydrogens is 174 g/mol. The van der Waals surface area contributed by atoms with Gasteiger partial charge in [0.2, 0.25) is 0 Å². The molecule has 1 atom stereocenters. The molecule has 2 nitrogen and oxygen atoms in total. The van der Waals surface area contributed by atoms with E-state index >= 15 is 0 Å². The quantitative estimate of drug-likeness (QED) is 0.643. The summed E-state index contributed by atoms with van der Waals surface area (Å²) >= 11 is 0. The van der Waals surface area contributed by atoms with Crippen molar-refractivity contribution in [2.24, 2.45) is 11.7 Å². The molecule has 14 heavy (non-hydrogen) atoms. The van der Waals surface area contributed by atoms with E-state index in [2.05, 4.69) is 27.7 Å². The maximum absolute atomic E-state index is 5.97.